The van der Waals surface area contributed by atoms with Crippen molar-refractivity contribution in [3.8, 4) is 5.75 Å². The van der Waals surface area contributed by atoms with Crippen LogP contribution in [0.5, 0.6) is 5.75 Å². The number of hydrogen-bond donors (Lipinski definition) is 2. The number of rotatable bonds is 5. The van der Waals surface area contributed by atoms with Gasteiger partial charge in [0, 0.05) is 21.7 Å². The molecule has 5 nitrogen and oxygen atoms in total. The average molecular weight is 426 g/mol. The van der Waals surface area contributed by atoms with Gasteiger partial charge in [0.1, 0.15) is 5.75 Å². The molecule has 1 aliphatic carbocycles. The molecule has 2 aromatic carbocycles. The number of benzene rings is 2. The third kappa shape index (κ3) is 3.70. The smallest absolute Gasteiger partial charge is 0.311 e. The molecule has 0 aliphatic heterocycles. The standard InChI is InChI=1S/C24H24ClNO4/c1-14-22(20(24(29)30)12-15-4-2-3-5-15)19-13-18(27)10-11-21(19)26(14)23(28)16-6-8-17(25)9-7-16/h6-11,13,15,20,27H,2-5,12H2,1H3,(H,29,30)/t20-/m0/s1. The Hall–Kier alpha value is -2.79. The number of phenols is 1. The van der Waals surface area contributed by atoms with E-state index in [4.69, 9.17) is 11.6 Å². The Bertz CT molecular complexity index is 1110. The highest BCUT2D eigenvalue weighted by molar-refractivity contribution is 6.30. The van der Waals surface area contributed by atoms with Crippen molar-refractivity contribution in [1.29, 1.82) is 0 Å². The molecule has 1 heterocycles. The van der Waals surface area contributed by atoms with E-state index in [0.717, 1.165) is 25.7 Å². The zero-order valence-corrected chi connectivity index (χ0v) is 17.5. The minimum absolute atomic E-state index is 0.0462. The minimum Gasteiger partial charge on any atom is -0.508 e. The van der Waals surface area contributed by atoms with E-state index in [0.29, 0.717) is 45.1 Å². The molecule has 1 atom stereocenters. The molecule has 1 fully saturated rings. The van der Waals surface area contributed by atoms with Crippen LogP contribution >= 0.6 is 11.6 Å². The van der Waals surface area contributed by atoms with Gasteiger partial charge in [-0.25, -0.2) is 0 Å². The van der Waals surface area contributed by atoms with Gasteiger partial charge in [-0.05, 0) is 67.3 Å². The highest BCUT2D eigenvalue weighted by atomic mass is 35.5. The topological polar surface area (TPSA) is 79.5 Å². The molecule has 1 aliphatic rings. The molecule has 6 heteroatoms. The van der Waals surface area contributed by atoms with Gasteiger partial charge in [-0.1, -0.05) is 37.3 Å². The summed E-state index contributed by atoms with van der Waals surface area (Å²) in [7, 11) is 0. The summed E-state index contributed by atoms with van der Waals surface area (Å²) in [4.78, 5) is 25.6. The van der Waals surface area contributed by atoms with E-state index in [-0.39, 0.29) is 11.7 Å². The maximum absolute atomic E-state index is 13.3. The van der Waals surface area contributed by atoms with Gasteiger partial charge in [-0.3, -0.25) is 14.2 Å². The lowest BCUT2D eigenvalue weighted by Gasteiger charge is -2.18. The molecule has 156 valence electrons. The summed E-state index contributed by atoms with van der Waals surface area (Å²) in [5, 5.41) is 21.3. The number of aromatic nitrogens is 1. The minimum atomic E-state index is -0.897. The number of phenolic OH excluding ortho intramolecular Hbond substituents is 1. The largest absolute Gasteiger partial charge is 0.508 e. The van der Waals surface area contributed by atoms with Crippen LogP contribution in [0.4, 0.5) is 0 Å². The monoisotopic (exact) mass is 425 g/mol. The number of fused-ring (bicyclic) bond motifs is 1. The second kappa shape index (κ2) is 8.15. The Kier molecular flexibility index (Phi) is 5.56. The Morgan fingerprint density at radius 3 is 2.43 bits per heavy atom. The lowest BCUT2D eigenvalue weighted by atomic mass is 9.86. The van der Waals surface area contributed by atoms with Crippen molar-refractivity contribution in [3.05, 3.63) is 64.3 Å². The normalized spacial score (nSPS) is 15.5. The van der Waals surface area contributed by atoms with Gasteiger partial charge in [0.05, 0.1) is 11.4 Å². The molecule has 2 N–H and O–H groups in total. The number of carboxylic acids is 1. The summed E-state index contributed by atoms with van der Waals surface area (Å²) in [6, 6.07) is 11.4. The van der Waals surface area contributed by atoms with Gasteiger partial charge in [0.25, 0.3) is 5.91 Å². The van der Waals surface area contributed by atoms with E-state index in [1.807, 2.05) is 0 Å². The van der Waals surface area contributed by atoms with Gasteiger partial charge < -0.3 is 10.2 Å². The number of aliphatic carboxylic acids is 1. The lowest BCUT2D eigenvalue weighted by Crippen LogP contribution is -2.18. The summed E-state index contributed by atoms with van der Waals surface area (Å²) in [5.74, 6) is -1.46. The maximum Gasteiger partial charge on any atom is 0.311 e. The number of hydrogen-bond acceptors (Lipinski definition) is 3. The number of carbonyl (C=O) groups is 2. The van der Waals surface area contributed by atoms with E-state index in [1.165, 1.54) is 6.07 Å². The van der Waals surface area contributed by atoms with E-state index < -0.39 is 11.9 Å². The molecule has 0 radical (unpaired) electrons. The van der Waals surface area contributed by atoms with Gasteiger partial charge in [0.2, 0.25) is 0 Å². The number of halogens is 1. The zero-order valence-electron chi connectivity index (χ0n) is 16.8. The van der Waals surface area contributed by atoms with E-state index >= 15 is 0 Å². The fraction of sp³-hybridized carbons (Fsp3) is 0.333. The first-order valence-corrected chi connectivity index (χ1v) is 10.6. The fourth-order valence-corrected chi connectivity index (χ4v) is 4.90. The van der Waals surface area contributed by atoms with Gasteiger partial charge >= 0.3 is 5.97 Å². The number of aromatic hydroxyl groups is 1. The SMILES string of the molecule is Cc1c([C@H](CC2CCCC2)C(=O)O)c2cc(O)ccc2n1C(=O)c1ccc(Cl)cc1. The number of nitrogens with zero attached hydrogens (tertiary/aromatic N) is 1. The van der Waals surface area contributed by atoms with Gasteiger partial charge in [0.15, 0.2) is 0 Å². The first-order chi connectivity index (χ1) is 14.4. The molecular formula is C24H24ClNO4. The molecule has 1 aromatic heterocycles. The van der Waals surface area contributed by atoms with Crippen molar-refractivity contribution < 1.29 is 19.8 Å². The highest BCUT2D eigenvalue weighted by Crippen LogP contribution is 2.40. The van der Waals surface area contributed by atoms with Crippen molar-refractivity contribution in [3.63, 3.8) is 0 Å². The third-order valence-corrected chi connectivity index (χ3v) is 6.47. The number of carboxylic acid groups (broad SMARTS) is 1. The molecule has 1 saturated carbocycles. The van der Waals surface area contributed by atoms with Crippen molar-refractivity contribution in [2.24, 2.45) is 5.92 Å². The molecule has 0 unspecified atom stereocenters. The van der Waals surface area contributed by atoms with Crippen LogP contribution in [0, 0.1) is 12.8 Å². The first kappa shape index (κ1) is 20.5. The highest BCUT2D eigenvalue weighted by Gasteiger charge is 2.32. The third-order valence-electron chi connectivity index (χ3n) is 6.22. The van der Waals surface area contributed by atoms with Crippen molar-refractivity contribution in [2.45, 2.75) is 44.9 Å². The molecule has 0 saturated heterocycles. The van der Waals surface area contributed by atoms with Crippen LogP contribution in [0.1, 0.15) is 59.6 Å². The summed E-state index contributed by atoms with van der Waals surface area (Å²) in [5.41, 5.74) is 2.27. The Balaban J connectivity index is 1.88. The lowest BCUT2D eigenvalue weighted by molar-refractivity contribution is -0.139. The first-order valence-electron chi connectivity index (χ1n) is 10.2. The fourth-order valence-electron chi connectivity index (χ4n) is 4.78. The Labute approximate surface area is 179 Å². The summed E-state index contributed by atoms with van der Waals surface area (Å²) in [6.45, 7) is 1.78. The second-order valence-electron chi connectivity index (χ2n) is 8.13. The van der Waals surface area contributed by atoms with Crippen LogP contribution in [0.3, 0.4) is 0 Å². The van der Waals surface area contributed by atoms with E-state index in [2.05, 4.69) is 0 Å². The quantitative estimate of drug-likeness (QED) is 0.545. The molecule has 0 bridgehead atoms. The maximum atomic E-state index is 13.3. The van der Waals surface area contributed by atoms with Crippen molar-refractivity contribution in [2.75, 3.05) is 0 Å². The van der Waals surface area contributed by atoms with Crippen LogP contribution in [-0.4, -0.2) is 26.7 Å². The predicted molar refractivity (Wildman–Crippen MR) is 116 cm³/mol. The summed E-state index contributed by atoms with van der Waals surface area (Å²) >= 11 is 5.96. The predicted octanol–water partition coefficient (Wildman–Crippen LogP) is 5.75. The zero-order chi connectivity index (χ0) is 21.4. The summed E-state index contributed by atoms with van der Waals surface area (Å²) in [6.07, 6.45) is 4.88. The van der Waals surface area contributed by atoms with Crippen LogP contribution in [0.15, 0.2) is 42.5 Å². The van der Waals surface area contributed by atoms with Crippen LogP contribution < -0.4 is 0 Å². The summed E-state index contributed by atoms with van der Waals surface area (Å²) < 4.78 is 1.55. The molecule has 3 aromatic rings. The van der Waals surface area contributed by atoms with Crippen LogP contribution in [-0.2, 0) is 4.79 Å². The molecule has 0 amide bonds. The van der Waals surface area contributed by atoms with Crippen molar-refractivity contribution >= 4 is 34.4 Å². The Morgan fingerprint density at radius 1 is 1.13 bits per heavy atom. The number of carbonyl (C=O) groups excluding carboxylic acids is 1. The van der Waals surface area contributed by atoms with Gasteiger partial charge in [-0.15, -0.1) is 0 Å². The average Bonchev–Trinajstić information content (AvgIpc) is 3.31. The van der Waals surface area contributed by atoms with Crippen molar-refractivity contribution in [1.82, 2.24) is 4.57 Å². The molecule has 30 heavy (non-hydrogen) atoms. The molecular weight excluding hydrogens is 402 g/mol. The van der Waals surface area contributed by atoms with Crippen LogP contribution in [0.2, 0.25) is 5.02 Å². The Morgan fingerprint density at radius 2 is 1.80 bits per heavy atom. The van der Waals surface area contributed by atoms with Gasteiger partial charge in [-0.2, -0.15) is 0 Å². The van der Waals surface area contributed by atoms with E-state index in [9.17, 15) is 19.8 Å². The second-order valence-corrected chi connectivity index (χ2v) is 8.56. The van der Waals surface area contributed by atoms with E-state index in [1.54, 1.807) is 47.9 Å². The molecule has 0 spiro atoms. The van der Waals surface area contributed by atoms with Crippen LogP contribution in [0.25, 0.3) is 10.9 Å². The molecule has 4 rings (SSSR count).